The Hall–Kier alpha value is -1.66. The molecule has 1 atom stereocenters. The van der Waals surface area contributed by atoms with Crippen LogP contribution in [0.15, 0.2) is 18.5 Å². The maximum Gasteiger partial charge on any atom is 0.250 e. The third kappa shape index (κ3) is 3.53. The van der Waals surface area contributed by atoms with Gasteiger partial charge in [-0.25, -0.2) is 0 Å². The number of primary amides is 1. The molecule has 0 spiro atoms. The van der Waals surface area contributed by atoms with E-state index < -0.39 is 12.0 Å². The van der Waals surface area contributed by atoms with Gasteiger partial charge in [-0.2, -0.15) is 0 Å². The van der Waals surface area contributed by atoms with Crippen LogP contribution in [0.2, 0.25) is 0 Å². The third-order valence-electron chi connectivity index (χ3n) is 1.65. The van der Waals surface area contributed by atoms with Crippen LogP contribution in [0.3, 0.4) is 0 Å². The van der Waals surface area contributed by atoms with Crippen LogP contribution in [0, 0.1) is 0 Å². The van der Waals surface area contributed by atoms with Crippen LogP contribution in [0.1, 0.15) is 10.4 Å². The molecule has 1 amide bonds. The maximum atomic E-state index is 10.8. The summed E-state index contributed by atoms with van der Waals surface area (Å²) in [6, 6.07) is 1.42. The van der Waals surface area contributed by atoms with E-state index >= 15 is 0 Å². The molecule has 1 unspecified atom stereocenters. The van der Waals surface area contributed by atoms with Gasteiger partial charge in [-0.05, 0) is 6.07 Å². The minimum Gasteiger partial charge on any atom is -0.489 e. The van der Waals surface area contributed by atoms with Crippen molar-refractivity contribution in [3.63, 3.8) is 0 Å². The lowest BCUT2D eigenvalue weighted by Gasteiger charge is -2.09. The van der Waals surface area contributed by atoms with Crippen molar-refractivity contribution in [2.24, 2.45) is 5.73 Å². The van der Waals surface area contributed by atoms with E-state index in [9.17, 15) is 4.79 Å². The molecule has 0 radical (unpaired) electrons. The maximum absolute atomic E-state index is 10.8. The van der Waals surface area contributed by atoms with E-state index in [0.717, 1.165) is 0 Å². The summed E-state index contributed by atoms with van der Waals surface area (Å²) in [5, 5.41) is 17.5. The van der Waals surface area contributed by atoms with Crippen LogP contribution < -0.4 is 10.5 Å². The van der Waals surface area contributed by atoms with E-state index in [1.54, 1.807) is 0 Å². The Balaban J connectivity index is 2.62. The van der Waals surface area contributed by atoms with Gasteiger partial charge in [-0.1, -0.05) is 0 Å². The Morgan fingerprint density at radius 1 is 1.60 bits per heavy atom. The van der Waals surface area contributed by atoms with Gasteiger partial charge in [-0.3, -0.25) is 9.78 Å². The summed E-state index contributed by atoms with van der Waals surface area (Å²) in [6.45, 7) is -0.455. The van der Waals surface area contributed by atoms with Crippen molar-refractivity contribution in [2.75, 3.05) is 13.2 Å². The number of hydrogen-bond acceptors (Lipinski definition) is 5. The molecule has 15 heavy (non-hydrogen) atoms. The molecule has 82 valence electrons. The number of hydrogen-bond donors (Lipinski definition) is 3. The van der Waals surface area contributed by atoms with E-state index in [1.165, 1.54) is 18.5 Å². The van der Waals surface area contributed by atoms with E-state index in [-0.39, 0.29) is 18.8 Å². The van der Waals surface area contributed by atoms with E-state index in [0.29, 0.717) is 5.75 Å². The van der Waals surface area contributed by atoms with Crippen LogP contribution in [-0.2, 0) is 0 Å². The van der Waals surface area contributed by atoms with Gasteiger partial charge in [0.15, 0.2) is 0 Å². The predicted octanol–water partition coefficient (Wildman–Crippen LogP) is -1.09. The Bertz CT molecular complexity index is 343. The normalized spacial score (nSPS) is 12.1. The highest BCUT2D eigenvalue weighted by Crippen LogP contribution is 2.10. The molecule has 1 aromatic heterocycles. The average Bonchev–Trinajstić information content (AvgIpc) is 2.26. The standard InChI is InChI=1S/C9H12N2O4/c10-9(14)6-1-8(3-11-2-6)15-5-7(13)4-12/h1-3,7,12-13H,4-5H2,(H2,10,14). The lowest BCUT2D eigenvalue weighted by Crippen LogP contribution is -2.21. The monoisotopic (exact) mass is 212 g/mol. The molecule has 1 rings (SSSR count). The number of ether oxygens (including phenoxy) is 1. The molecule has 0 saturated heterocycles. The highest BCUT2D eigenvalue weighted by atomic mass is 16.5. The molecule has 1 heterocycles. The Labute approximate surface area is 86.3 Å². The average molecular weight is 212 g/mol. The first-order valence-electron chi connectivity index (χ1n) is 4.30. The number of nitrogens with zero attached hydrogens (tertiary/aromatic N) is 1. The van der Waals surface area contributed by atoms with Gasteiger partial charge in [0.1, 0.15) is 18.5 Å². The Kier molecular flexibility index (Phi) is 4.02. The number of rotatable bonds is 5. The smallest absolute Gasteiger partial charge is 0.250 e. The summed E-state index contributed by atoms with van der Waals surface area (Å²) in [7, 11) is 0. The minimum atomic E-state index is -0.956. The quantitative estimate of drug-likeness (QED) is 0.575. The molecule has 0 bridgehead atoms. The molecule has 0 saturated carbocycles. The molecule has 4 N–H and O–H groups in total. The second-order valence-electron chi connectivity index (χ2n) is 2.92. The predicted molar refractivity (Wildman–Crippen MR) is 51.3 cm³/mol. The molecule has 6 nitrogen and oxygen atoms in total. The van der Waals surface area contributed by atoms with Crippen LogP contribution in [0.5, 0.6) is 5.75 Å². The summed E-state index contributed by atoms with van der Waals surface area (Å²) >= 11 is 0. The lowest BCUT2D eigenvalue weighted by molar-refractivity contribution is 0.0534. The fourth-order valence-electron chi connectivity index (χ4n) is 0.878. The molecule has 0 aliphatic heterocycles. The summed E-state index contributed by atoms with van der Waals surface area (Å²) in [5.74, 6) is -0.283. The fraction of sp³-hybridized carbons (Fsp3) is 0.333. The number of pyridine rings is 1. The number of aliphatic hydroxyl groups is 2. The van der Waals surface area contributed by atoms with Gasteiger partial charge in [-0.15, -0.1) is 0 Å². The Morgan fingerprint density at radius 2 is 2.33 bits per heavy atom. The van der Waals surface area contributed by atoms with E-state index in [4.69, 9.17) is 20.7 Å². The van der Waals surface area contributed by atoms with Crippen molar-refractivity contribution >= 4 is 5.91 Å². The first kappa shape index (κ1) is 11.4. The lowest BCUT2D eigenvalue weighted by atomic mass is 10.2. The van der Waals surface area contributed by atoms with Crippen LogP contribution >= 0.6 is 0 Å². The zero-order valence-corrected chi connectivity index (χ0v) is 7.96. The number of carbonyl (C=O) groups excluding carboxylic acids is 1. The molecule has 0 aromatic carbocycles. The molecular formula is C9H12N2O4. The highest BCUT2D eigenvalue weighted by Gasteiger charge is 2.05. The fourth-order valence-corrected chi connectivity index (χ4v) is 0.878. The van der Waals surface area contributed by atoms with Gasteiger partial charge in [0.05, 0.1) is 18.4 Å². The topological polar surface area (TPSA) is 106 Å². The van der Waals surface area contributed by atoms with Gasteiger partial charge >= 0.3 is 0 Å². The number of aliphatic hydroxyl groups excluding tert-OH is 2. The minimum absolute atomic E-state index is 0.0691. The number of amides is 1. The van der Waals surface area contributed by atoms with Gasteiger partial charge < -0.3 is 20.7 Å². The van der Waals surface area contributed by atoms with Crippen molar-refractivity contribution in [2.45, 2.75) is 6.10 Å². The number of nitrogens with two attached hydrogens (primary N) is 1. The molecule has 0 aliphatic carbocycles. The van der Waals surface area contributed by atoms with E-state index in [1.807, 2.05) is 0 Å². The summed E-state index contributed by atoms with van der Waals surface area (Å²) < 4.78 is 5.07. The molecule has 0 fully saturated rings. The zero-order valence-electron chi connectivity index (χ0n) is 7.96. The van der Waals surface area contributed by atoms with Crippen molar-refractivity contribution < 1.29 is 19.7 Å². The molecular weight excluding hydrogens is 200 g/mol. The number of aromatic nitrogens is 1. The third-order valence-corrected chi connectivity index (χ3v) is 1.65. The molecule has 0 aliphatic rings. The number of carbonyl (C=O) groups is 1. The SMILES string of the molecule is NC(=O)c1cncc(OCC(O)CO)c1. The van der Waals surface area contributed by atoms with Crippen molar-refractivity contribution in [1.82, 2.24) is 4.98 Å². The highest BCUT2D eigenvalue weighted by molar-refractivity contribution is 5.92. The molecule has 1 aromatic rings. The van der Waals surface area contributed by atoms with Crippen LogP contribution in [0.25, 0.3) is 0 Å². The largest absolute Gasteiger partial charge is 0.489 e. The molecule has 6 heteroatoms. The Morgan fingerprint density at radius 3 is 2.93 bits per heavy atom. The van der Waals surface area contributed by atoms with Crippen molar-refractivity contribution in [1.29, 1.82) is 0 Å². The summed E-state index contributed by atoms with van der Waals surface area (Å²) in [6.07, 6.45) is 1.75. The van der Waals surface area contributed by atoms with E-state index in [2.05, 4.69) is 4.98 Å². The first-order chi connectivity index (χ1) is 7.13. The zero-order chi connectivity index (χ0) is 11.3. The summed E-state index contributed by atoms with van der Waals surface area (Å²) in [4.78, 5) is 14.5. The summed E-state index contributed by atoms with van der Waals surface area (Å²) in [5.41, 5.74) is 5.27. The van der Waals surface area contributed by atoms with Crippen LogP contribution in [-0.4, -0.2) is 40.4 Å². The van der Waals surface area contributed by atoms with Gasteiger partial charge in [0.2, 0.25) is 5.91 Å². The second-order valence-corrected chi connectivity index (χ2v) is 2.92. The van der Waals surface area contributed by atoms with Gasteiger partial charge in [0.25, 0.3) is 0 Å². The van der Waals surface area contributed by atoms with Crippen molar-refractivity contribution in [3.8, 4) is 5.75 Å². The second kappa shape index (κ2) is 5.28. The van der Waals surface area contributed by atoms with Crippen LogP contribution in [0.4, 0.5) is 0 Å². The first-order valence-corrected chi connectivity index (χ1v) is 4.30. The van der Waals surface area contributed by atoms with Gasteiger partial charge in [0, 0.05) is 6.20 Å². The van der Waals surface area contributed by atoms with Crippen molar-refractivity contribution in [3.05, 3.63) is 24.0 Å².